The van der Waals surface area contributed by atoms with Crippen molar-refractivity contribution in [1.29, 1.82) is 0 Å². The highest BCUT2D eigenvalue weighted by atomic mass is 35.5. The van der Waals surface area contributed by atoms with E-state index in [0.29, 0.717) is 22.8 Å². The van der Waals surface area contributed by atoms with Gasteiger partial charge in [0.2, 0.25) is 0 Å². The van der Waals surface area contributed by atoms with Gasteiger partial charge in [-0.2, -0.15) is 0 Å². The average Bonchev–Trinajstić information content (AvgIpc) is 3.16. The first-order valence-corrected chi connectivity index (χ1v) is 11.1. The summed E-state index contributed by atoms with van der Waals surface area (Å²) < 4.78 is 2.08. The second kappa shape index (κ2) is 8.65. The summed E-state index contributed by atoms with van der Waals surface area (Å²) >= 11 is 5.93. The van der Waals surface area contributed by atoms with Crippen molar-refractivity contribution in [1.82, 2.24) is 9.88 Å². The number of nitrogens with one attached hydrogen (secondary N) is 1. The molecule has 4 aromatic rings. The summed E-state index contributed by atoms with van der Waals surface area (Å²) in [7, 11) is 0. The largest absolute Gasteiger partial charge is 0.342 e. The minimum Gasteiger partial charge on any atom is -0.342 e. The third-order valence-corrected chi connectivity index (χ3v) is 6.03. The van der Waals surface area contributed by atoms with E-state index in [9.17, 15) is 14.4 Å². The van der Waals surface area contributed by atoms with Gasteiger partial charge in [0.25, 0.3) is 11.8 Å². The quantitative estimate of drug-likeness (QED) is 0.325. The van der Waals surface area contributed by atoms with E-state index in [1.807, 2.05) is 37.4 Å². The van der Waals surface area contributed by atoms with E-state index in [1.165, 1.54) is 5.56 Å². The Hall–Kier alpha value is -4.16. The van der Waals surface area contributed by atoms with Crippen molar-refractivity contribution >= 4 is 52.1 Å². The van der Waals surface area contributed by atoms with Crippen molar-refractivity contribution in [3.63, 3.8) is 0 Å². The van der Waals surface area contributed by atoms with Gasteiger partial charge in [-0.3, -0.25) is 14.9 Å². The molecule has 1 N–H and O–H groups in total. The van der Waals surface area contributed by atoms with Gasteiger partial charge in [-0.1, -0.05) is 59.6 Å². The molecule has 3 aromatic carbocycles. The molecule has 0 atom stereocenters. The summed E-state index contributed by atoms with van der Waals surface area (Å²) in [6.45, 7) is 2.68. The van der Waals surface area contributed by atoms with Crippen LogP contribution in [0.3, 0.4) is 0 Å². The van der Waals surface area contributed by atoms with Gasteiger partial charge in [0, 0.05) is 34.2 Å². The normalized spacial score (nSPS) is 15.3. The van der Waals surface area contributed by atoms with Crippen molar-refractivity contribution < 1.29 is 14.4 Å². The predicted octanol–water partition coefficient (Wildman–Crippen LogP) is 5.32. The van der Waals surface area contributed by atoms with Crippen LogP contribution in [0.25, 0.3) is 17.0 Å². The molecular formula is C27H20ClN3O3. The van der Waals surface area contributed by atoms with E-state index in [4.69, 9.17) is 11.6 Å². The number of nitrogens with zero attached hydrogens (tertiary/aromatic N) is 2. The molecule has 0 spiro atoms. The monoisotopic (exact) mass is 469 g/mol. The molecule has 0 radical (unpaired) electrons. The number of aryl methyl sites for hydroxylation is 1. The molecule has 1 aliphatic rings. The fraction of sp³-hybridized carbons (Fsp3) is 0.0741. The summed E-state index contributed by atoms with van der Waals surface area (Å²) in [5.74, 6) is -1.41. The molecule has 168 valence electrons. The lowest BCUT2D eigenvalue weighted by molar-refractivity contribution is -0.122. The Morgan fingerprint density at radius 1 is 0.912 bits per heavy atom. The summed E-state index contributed by atoms with van der Waals surface area (Å²) in [4.78, 5) is 39.3. The molecule has 34 heavy (non-hydrogen) atoms. The minimum absolute atomic E-state index is 0.118. The third kappa shape index (κ3) is 4.00. The molecule has 1 saturated heterocycles. The highest BCUT2D eigenvalue weighted by molar-refractivity contribution is 6.39. The molecule has 0 unspecified atom stereocenters. The number of carbonyl (C=O) groups excluding carboxylic acids is 3. The first-order valence-electron chi connectivity index (χ1n) is 10.7. The Morgan fingerprint density at radius 2 is 1.62 bits per heavy atom. The SMILES string of the molecule is Cc1ccc(Cn2cc(/C=C3/C(=O)NC(=O)N(c4ccc(Cl)cc4)C3=O)c3ccccc32)cc1. The van der Waals surface area contributed by atoms with Crippen LogP contribution in [0.1, 0.15) is 16.7 Å². The number of aromatic nitrogens is 1. The molecule has 1 fully saturated rings. The molecule has 0 bridgehead atoms. The summed E-state index contributed by atoms with van der Waals surface area (Å²) in [5.41, 5.74) is 4.22. The van der Waals surface area contributed by atoms with Gasteiger partial charge >= 0.3 is 6.03 Å². The van der Waals surface area contributed by atoms with Crippen LogP contribution in [0.2, 0.25) is 5.02 Å². The van der Waals surface area contributed by atoms with Crippen LogP contribution in [0, 0.1) is 6.92 Å². The van der Waals surface area contributed by atoms with Crippen LogP contribution in [0.5, 0.6) is 0 Å². The van der Waals surface area contributed by atoms with Gasteiger partial charge in [-0.15, -0.1) is 0 Å². The molecule has 1 aromatic heterocycles. The average molecular weight is 470 g/mol. The maximum absolute atomic E-state index is 13.2. The topological polar surface area (TPSA) is 71.4 Å². The Labute approximate surface area is 201 Å². The number of urea groups is 1. The Kier molecular flexibility index (Phi) is 5.51. The number of halogens is 1. The van der Waals surface area contributed by atoms with E-state index in [0.717, 1.165) is 21.4 Å². The fourth-order valence-electron chi connectivity index (χ4n) is 4.05. The van der Waals surface area contributed by atoms with E-state index >= 15 is 0 Å². The molecule has 5 rings (SSSR count). The third-order valence-electron chi connectivity index (χ3n) is 5.78. The second-order valence-corrected chi connectivity index (χ2v) is 8.59. The number of fused-ring (bicyclic) bond motifs is 1. The van der Waals surface area contributed by atoms with Crippen molar-refractivity contribution in [3.8, 4) is 0 Å². The molecule has 7 heteroatoms. The number of rotatable bonds is 4. The number of benzene rings is 3. The fourth-order valence-corrected chi connectivity index (χ4v) is 4.17. The lowest BCUT2D eigenvalue weighted by Crippen LogP contribution is -2.54. The van der Waals surface area contributed by atoms with Crippen molar-refractivity contribution in [3.05, 3.63) is 106 Å². The molecule has 2 heterocycles. The van der Waals surface area contributed by atoms with Gasteiger partial charge in [-0.05, 0) is 48.9 Å². The standard InChI is InChI=1S/C27H20ClN3O3/c1-17-6-8-18(9-7-17)15-30-16-19(22-4-2-3-5-24(22)30)14-23-25(32)29-27(34)31(26(23)33)21-12-10-20(28)11-13-21/h2-14,16H,15H2,1H3,(H,29,32,34)/b23-14-. The zero-order chi connectivity index (χ0) is 23.8. The maximum atomic E-state index is 13.2. The van der Waals surface area contributed by atoms with Crippen molar-refractivity contribution in [2.24, 2.45) is 0 Å². The van der Waals surface area contributed by atoms with Gasteiger partial charge in [-0.25, -0.2) is 9.69 Å². The van der Waals surface area contributed by atoms with Gasteiger partial charge in [0.1, 0.15) is 5.57 Å². The molecular weight excluding hydrogens is 450 g/mol. The van der Waals surface area contributed by atoms with Gasteiger partial charge in [0.15, 0.2) is 0 Å². The molecule has 0 saturated carbocycles. The molecule has 0 aliphatic carbocycles. The second-order valence-electron chi connectivity index (χ2n) is 8.15. The Bertz CT molecular complexity index is 1470. The lowest BCUT2D eigenvalue weighted by atomic mass is 10.1. The first kappa shape index (κ1) is 21.7. The smallest absolute Gasteiger partial charge is 0.335 e. The van der Waals surface area contributed by atoms with Crippen LogP contribution in [0.4, 0.5) is 10.5 Å². The highest BCUT2D eigenvalue weighted by Gasteiger charge is 2.37. The first-order chi connectivity index (χ1) is 16.4. The zero-order valence-corrected chi connectivity index (χ0v) is 19.0. The van der Waals surface area contributed by atoms with Crippen molar-refractivity contribution in [2.45, 2.75) is 13.5 Å². The number of imide groups is 2. The minimum atomic E-state index is -0.795. The number of para-hydroxylation sites is 1. The van der Waals surface area contributed by atoms with Crippen LogP contribution in [0.15, 0.2) is 84.6 Å². The predicted molar refractivity (Wildman–Crippen MR) is 133 cm³/mol. The number of hydrogen-bond acceptors (Lipinski definition) is 3. The summed E-state index contributed by atoms with van der Waals surface area (Å²) in [5, 5.41) is 3.64. The van der Waals surface area contributed by atoms with E-state index in [1.54, 1.807) is 30.3 Å². The molecule has 1 aliphatic heterocycles. The van der Waals surface area contributed by atoms with Crippen LogP contribution < -0.4 is 10.2 Å². The van der Waals surface area contributed by atoms with Crippen LogP contribution in [-0.2, 0) is 16.1 Å². The Morgan fingerprint density at radius 3 is 2.35 bits per heavy atom. The van der Waals surface area contributed by atoms with E-state index in [2.05, 4.69) is 34.1 Å². The van der Waals surface area contributed by atoms with E-state index in [-0.39, 0.29) is 5.57 Å². The Balaban J connectivity index is 1.56. The van der Waals surface area contributed by atoms with Gasteiger partial charge < -0.3 is 4.57 Å². The lowest BCUT2D eigenvalue weighted by Gasteiger charge is -2.26. The number of barbiturate groups is 1. The van der Waals surface area contributed by atoms with Crippen LogP contribution in [-0.4, -0.2) is 22.4 Å². The zero-order valence-electron chi connectivity index (χ0n) is 18.3. The number of carbonyl (C=O) groups is 3. The number of amides is 4. The molecule has 4 amide bonds. The molecule has 6 nitrogen and oxygen atoms in total. The number of anilines is 1. The number of hydrogen-bond donors (Lipinski definition) is 1. The van der Waals surface area contributed by atoms with E-state index < -0.39 is 17.8 Å². The summed E-state index contributed by atoms with van der Waals surface area (Å²) in [6.07, 6.45) is 3.46. The highest BCUT2D eigenvalue weighted by Crippen LogP contribution is 2.27. The summed E-state index contributed by atoms with van der Waals surface area (Å²) in [6, 6.07) is 21.6. The van der Waals surface area contributed by atoms with Gasteiger partial charge in [0.05, 0.1) is 5.69 Å². The van der Waals surface area contributed by atoms with Crippen LogP contribution >= 0.6 is 11.6 Å². The maximum Gasteiger partial charge on any atom is 0.335 e. The van der Waals surface area contributed by atoms with Crippen molar-refractivity contribution in [2.75, 3.05) is 4.90 Å².